The molecule has 1 N–H and O–H groups in total. The number of H-pyrrole nitrogens is 1. The van der Waals surface area contributed by atoms with Crippen molar-refractivity contribution < 1.29 is 18.3 Å². The number of halogens is 1. The lowest BCUT2D eigenvalue weighted by Crippen LogP contribution is -2.48. The third kappa shape index (κ3) is 4.71. The molecule has 3 aromatic heterocycles. The van der Waals surface area contributed by atoms with Crippen LogP contribution in [0.4, 0.5) is 4.39 Å². The highest BCUT2D eigenvalue weighted by Gasteiger charge is 2.33. The molecule has 1 fully saturated rings. The number of aromatic amines is 1. The molecule has 5 aromatic rings. The summed E-state index contributed by atoms with van der Waals surface area (Å²) in [6.45, 7) is 4.13. The molecule has 5 heterocycles. The molecule has 0 radical (unpaired) electrons. The smallest absolute Gasteiger partial charge is 0.253 e. The summed E-state index contributed by atoms with van der Waals surface area (Å²) in [5, 5.41) is 13.4. The van der Waals surface area contributed by atoms with Crippen molar-refractivity contribution in [1.29, 1.82) is 0 Å². The van der Waals surface area contributed by atoms with E-state index in [2.05, 4.69) is 30.3 Å². The van der Waals surface area contributed by atoms with Crippen molar-refractivity contribution in [3.8, 4) is 11.5 Å². The van der Waals surface area contributed by atoms with Crippen molar-refractivity contribution >= 4 is 10.9 Å². The third-order valence-electron chi connectivity index (χ3n) is 7.44. The van der Waals surface area contributed by atoms with Gasteiger partial charge in [0.25, 0.3) is 5.56 Å². The number of ether oxygens (including phenoxy) is 2. The van der Waals surface area contributed by atoms with E-state index in [0.29, 0.717) is 48.0 Å². The van der Waals surface area contributed by atoms with E-state index in [-0.39, 0.29) is 18.2 Å². The third-order valence-corrected chi connectivity index (χ3v) is 7.44. The number of nitrogens with one attached hydrogen (secondary N) is 1. The van der Waals surface area contributed by atoms with Gasteiger partial charge in [0, 0.05) is 43.2 Å². The van der Waals surface area contributed by atoms with Gasteiger partial charge in [-0.05, 0) is 52.4 Å². The molecule has 1 atom stereocenters. The van der Waals surface area contributed by atoms with Crippen LogP contribution < -0.4 is 15.0 Å². The van der Waals surface area contributed by atoms with Crippen molar-refractivity contribution in [2.75, 3.05) is 33.0 Å². The maximum Gasteiger partial charge on any atom is 0.253 e. The first-order chi connectivity index (χ1) is 19.6. The number of fused-ring (bicyclic) bond motifs is 2. The second kappa shape index (κ2) is 10.2. The van der Waals surface area contributed by atoms with Gasteiger partial charge >= 0.3 is 0 Å². The Labute approximate surface area is 227 Å². The molecule has 0 amide bonds. The molecule has 2 aromatic carbocycles. The summed E-state index contributed by atoms with van der Waals surface area (Å²) < 4.78 is 31.8. The van der Waals surface area contributed by atoms with Crippen LogP contribution >= 0.6 is 0 Å². The van der Waals surface area contributed by atoms with Crippen LogP contribution in [-0.2, 0) is 13.1 Å². The van der Waals surface area contributed by atoms with E-state index in [0.717, 1.165) is 36.3 Å². The van der Waals surface area contributed by atoms with Gasteiger partial charge in [-0.25, -0.2) is 9.07 Å². The van der Waals surface area contributed by atoms with Crippen LogP contribution in [0, 0.1) is 5.82 Å². The lowest BCUT2D eigenvalue weighted by atomic mass is 10.0. The second-order valence-corrected chi connectivity index (χ2v) is 9.96. The standard InChI is InChI=1S/C28H26FN7O4/c29-20-5-3-18(4-6-20)15-36-27(31-32-33-36)26(35-9-7-34(8-10-35)16-21-2-1-11-38-21)22-12-19-13-24-25(40-17-39-24)14-23(19)30-28(22)37/h1-6,11-14,26H,7-10,15-17H2,(H,30,37)/t26-/m0/s1. The first kappa shape index (κ1) is 24.5. The molecule has 7 rings (SSSR count). The molecule has 0 aliphatic carbocycles. The number of pyridine rings is 1. The summed E-state index contributed by atoms with van der Waals surface area (Å²) in [5.41, 5.74) is 1.80. The number of hydrogen-bond donors (Lipinski definition) is 1. The topological polar surface area (TPSA) is 115 Å². The summed E-state index contributed by atoms with van der Waals surface area (Å²) in [5.74, 6) is 2.37. The predicted octanol–water partition coefficient (Wildman–Crippen LogP) is 2.93. The Morgan fingerprint density at radius 3 is 2.55 bits per heavy atom. The molecule has 0 unspecified atom stereocenters. The van der Waals surface area contributed by atoms with Gasteiger partial charge in [0.2, 0.25) is 6.79 Å². The Balaban J connectivity index is 1.25. The van der Waals surface area contributed by atoms with Crippen LogP contribution in [0.5, 0.6) is 11.5 Å². The number of nitrogens with zero attached hydrogens (tertiary/aromatic N) is 6. The lowest BCUT2D eigenvalue weighted by molar-refractivity contribution is 0.0952. The molecule has 1 saturated heterocycles. The molecule has 0 bridgehead atoms. The number of benzene rings is 2. The molecule has 12 heteroatoms. The van der Waals surface area contributed by atoms with Crippen molar-refractivity contribution in [3.63, 3.8) is 0 Å². The van der Waals surface area contributed by atoms with Crippen molar-refractivity contribution in [2.45, 2.75) is 19.1 Å². The molecule has 204 valence electrons. The predicted molar refractivity (Wildman–Crippen MR) is 141 cm³/mol. The van der Waals surface area contributed by atoms with E-state index in [1.165, 1.54) is 12.1 Å². The molecular weight excluding hydrogens is 517 g/mol. The molecule has 2 aliphatic rings. The summed E-state index contributed by atoms with van der Waals surface area (Å²) in [6, 6.07) is 15.1. The normalized spacial score (nSPS) is 16.5. The maximum absolute atomic E-state index is 13.6. The number of piperazine rings is 1. The van der Waals surface area contributed by atoms with Gasteiger partial charge in [-0.15, -0.1) is 5.10 Å². The maximum atomic E-state index is 13.6. The van der Waals surface area contributed by atoms with Gasteiger partial charge in [0.15, 0.2) is 17.3 Å². The van der Waals surface area contributed by atoms with Crippen molar-refractivity contribution in [1.82, 2.24) is 35.0 Å². The Hall–Kier alpha value is -4.55. The fourth-order valence-corrected chi connectivity index (χ4v) is 5.40. The highest BCUT2D eigenvalue weighted by Crippen LogP contribution is 2.36. The van der Waals surface area contributed by atoms with E-state index in [1.54, 1.807) is 29.1 Å². The summed E-state index contributed by atoms with van der Waals surface area (Å²) >= 11 is 0. The number of tetrazole rings is 1. The van der Waals surface area contributed by atoms with E-state index in [9.17, 15) is 9.18 Å². The van der Waals surface area contributed by atoms with E-state index < -0.39 is 6.04 Å². The number of furan rings is 1. The fourth-order valence-electron chi connectivity index (χ4n) is 5.40. The molecule has 11 nitrogen and oxygen atoms in total. The first-order valence-electron chi connectivity index (χ1n) is 13.1. The molecule has 40 heavy (non-hydrogen) atoms. The zero-order valence-corrected chi connectivity index (χ0v) is 21.5. The largest absolute Gasteiger partial charge is 0.468 e. The first-order valence-corrected chi connectivity index (χ1v) is 13.1. The van der Waals surface area contributed by atoms with Crippen LogP contribution in [0.3, 0.4) is 0 Å². The van der Waals surface area contributed by atoms with Crippen LogP contribution in [0.1, 0.15) is 28.8 Å². The van der Waals surface area contributed by atoms with Gasteiger partial charge in [-0.3, -0.25) is 14.6 Å². The average molecular weight is 544 g/mol. The molecule has 0 saturated carbocycles. The highest BCUT2D eigenvalue weighted by molar-refractivity contribution is 5.83. The Bertz CT molecular complexity index is 1690. The number of rotatable bonds is 7. The number of hydrogen-bond acceptors (Lipinski definition) is 9. The summed E-state index contributed by atoms with van der Waals surface area (Å²) in [4.78, 5) is 21.2. The van der Waals surface area contributed by atoms with E-state index in [1.807, 2.05) is 24.3 Å². The minimum Gasteiger partial charge on any atom is -0.468 e. The number of aromatic nitrogens is 5. The molecular formula is C28H26FN7O4. The average Bonchev–Trinajstić information content (AvgIpc) is 3.73. The molecule has 0 spiro atoms. The van der Waals surface area contributed by atoms with Crippen LogP contribution in [-0.4, -0.2) is 68.0 Å². The minimum atomic E-state index is -0.514. The monoisotopic (exact) mass is 543 g/mol. The van der Waals surface area contributed by atoms with Crippen LogP contribution in [0.2, 0.25) is 0 Å². The van der Waals surface area contributed by atoms with Crippen molar-refractivity contribution in [3.05, 3.63) is 99.7 Å². The van der Waals surface area contributed by atoms with Crippen LogP contribution in [0.15, 0.2) is 70.1 Å². The zero-order valence-electron chi connectivity index (χ0n) is 21.5. The van der Waals surface area contributed by atoms with Gasteiger partial charge in [0.1, 0.15) is 17.6 Å². The zero-order chi connectivity index (χ0) is 27.1. The van der Waals surface area contributed by atoms with E-state index in [4.69, 9.17) is 13.9 Å². The van der Waals surface area contributed by atoms with Gasteiger partial charge < -0.3 is 18.9 Å². The highest BCUT2D eigenvalue weighted by atomic mass is 19.1. The van der Waals surface area contributed by atoms with Gasteiger partial charge in [-0.1, -0.05) is 12.1 Å². The van der Waals surface area contributed by atoms with Crippen molar-refractivity contribution in [2.24, 2.45) is 0 Å². The summed E-state index contributed by atoms with van der Waals surface area (Å²) in [6.07, 6.45) is 1.68. The Morgan fingerprint density at radius 2 is 1.77 bits per heavy atom. The fraction of sp³-hybridized carbons (Fsp3) is 0.286. The minimum absolute atomic E-state index is 0.145. The SMILES string of the molecule is O=c1[nH]c2cc3c(cc2cc1[C@@H](c1nnnn1Cc1ccc(F)cc1)N1CCN(Cc2ccco2)CC1)OCO3. The Kier molecular flexibility index (Phi) is 6.25. The van der Waals surface area contributed by atoms with Crippen LogP contribution in [0.25, 0.3) is 10.9 Å². The lowest BCUT2D eigenvalue weighted by Gasteiger charge is -2.38. The molecule has 2 aliphatic heterocycles. The summed E-state index contributed by atoms with van der Waals surface area (Å²) in [7, 11) is 0. The van der Waals surface area contributed by atoms with Gasteiger partial charge in [0.05, 0.1) is 24.9 Å². The second-order valence-electron chi connectivity index (χ2n) is 9.96. The Morgan fingerprint density at radius 1 is 0.975 bits per heavy atom. The quantitative estimate of drug-likeness (QED) is 0.331. The van der Waals surface area contributed by atoms with Gasteiger partial charge in [-0.2, -0.15) is 0 Å². The van der Waals surface area contributed by atoms with E-state index >= 15 is 0 Å².